The lowest BCUT2D eigenvalue weighted by Gasteiger charge is -2.30. The molecule has 0 spiro atoms. The summed E-state index contributed by atoms with van der Waals surface area (Å²) in [7, 11) is 0. The van der Waals surface area contributed by atoms with Crippen LogP contribution in [0.1, 0.15) is 77.8 Å². The molecule has 23 heavy (non-hydrogen) atoms. The molecule has 0 bridgehead atoms. The molecule has 0 radical (unpaired) electrons. The second kappa shape index (κ2) is 7.02. The Kier molecular flexibility index (Phi) is 6.00. The monoisotopic (exact) mass is 319 g/mol. The first-order valence-electron chi connectivity index (χ1n) is 8.30. The Balaban J connectivity index is 3.26. The van der Waals surface area contributed by atoms with Crippen molar-refractivity contribution in [3.63, 3.8) is 0 Å². The molecule has 0 saturated heterocycles. The van der Waals surface area contributed by atoms with Crippen molar-refractivity contribution in [2.75, 3.05) is 5.32 Å². The van der Waals surface area contributed by atoms with E-state index < -0.39 is 0 Å². The molecule has 0 aliphatic heterocycles. The maximum atomic E-state index is 11.4. The zero-order chi connectivity index (χ0) is 18.0. The Hall–Kier alpha value is -1.39. The maximum absolute atomic E-state index is 11.4. The van der Waals surface area contributed by atoms with Crippen molar-refractivity contribution in [1.29, 1.82) is 0 Å². The molecular formula is C19H33N3O. The van der Waals surface area contributed by atoms with Crippen molar-refractivity contribution in [2.45, 2.75) is 77.8 Å². The molecule has 1 aromatic carbocycles. The van der Waals surface area contributed by atoms with Crippen LogP contribution in [-0.4, -0.2) is 17.0 Å². The van der Waals surface area contributed by atoms with Crippen LogP contribution in [0.4, 0.5) is 5.69 Å². The van der Waals surface area contributed by atoms with Gasteiger partial charge in [-0.1, -0.05) is 19.9 Å². The van der Waals surface area contributed by atoms with Crippen LogP contribution in [0.5, 0.6) is 0 Å². The smallest absolute Gasteiger partial charge is 0.221 e. The van der Waals surface area contributed by atoms with Crippen molar-refractivity contribution in [1.82, 2.24) is 0 Å². The van der Waals surface area contributed by atoms with Crippen molar-refractivity contribution in [3.8, 4) is 0 Å². The Labute approximate surface area is 141 Å². The molecule has 2 unspecified atom stereocenters. The van der Waals surface area contributed by atoms with Gasteiger partial charge in [-0.15, -0.1) is 0 Å². The van der Waals surface area contributed by atoms with Gasteiger partial charge < -0.3 is 16.8 Å². The summed E-state index contributed by atoms with van der Waals surface area (Å²) in [4.78, 5) is 11.4. The summed E-state index contributed by atoms with van der Waals surface area (Å²) in [6, 6.07) is 6.25. The van der Waals surface area contributed by atoms with Crippen molar-refractivity contribution < 1.29 is 4.79 Å². The van der Waals surface area contributed by atoms with E-state index in [4.69, 9.17) is 11.5 Å². The van der Waals surface area contributed by atoms with E-state index in [0.717, 1.165) is 17.7 Å². The Bertz CT molecular complexity index is 553. The summed E-state index contributed by atoms with van der Waals surface area (Å²) >= 11 is 0. The predicted molar refractivity (Wildman–Crippen MR) is 98.7 cm³/mol. The second-order valence-electron chi connectivity index (χ2n) is 8.21. The second-order valence-corrected chi connectivity index (χ2v) is 8.21. The fraction of sp³-hybridized carbons (Fsp3) is 0.632. The molecule has 0 aliphatic carbocycles. The third kappa shape index (κ3) is 6.32. The topological polar surface area (TPSA) is 81.1 Å². The summed E-state index contributed by atoms with van der Waals surface area (Å²) in [5.41, 5.74) is 15.0. The van der Waals surface area contributed by atoms with Gasteiger partial charge in [0.15, 0.2) is 0 Å². The van der Waals surface area contributed by atoms with Crippen molar-refractivity contribution in [3.05, 3.63) is 29.3 Å². The minimum Gasteiger partial charge on any atom is -0.326 e. The van der Waals surface area contributed by atoms with Gasteiger partial charge in [-0.25, -0.2) is 0 Å². The van der Waals surface area contributed by atoms with Crippen LogP contribution in [0.3, 0.4) is 0 Å². The molecular weight excluding hydrogens is 286 g/mol. The molecule has 1 rings (SSSR count). The molecule has 4 nitrogen and oxygen atoms in total. The highest BCUT2D eigenvalue weighted by atomic mass is 16.1. The van der Waals surface area contributed by atoms with Crippen LogP contribution in [-0.2, 0) is 4.79 Å². The van der Waals surface area contributed by atoms with Gasteiger partial charge in [0.25, 0.3) is 0 Å². The molecule has 2 atom stereocenters. The number of anilines is 1. The third-order valence-electron chi connectivity index (χ3n) is 4.32. The lowest BCUT2D eigenvalue weighted by atomic mass is 9.81. The molecule has 0 saturated carbocycles. The number of carbonyl (C=O) groups excluding carboxylic acids is 1. The fourth-order valence-electron chi connectivity index (χ4n) is 2.82. The normalized spacial score (nSPS) is 15.2. The van der Waals surface area contributed by atoms with Gasteiger partial charge in [-0.05, 0) is 69.2 Å². The number of hydrogen-bond donors (Lipinski definition) is 3. The SMILES string of the molecule is CC(=O)Nc1cc(C(C)CC(C)(C)N)cc(C(C)C(C)(C)N)c1. The zero-order valence-corrected chi connectivity index (χ0v) is 15.7. The third-order valence-corrected chi connectivity index (χ3v) is 4.32. The van der Waals surface area contributed by atoms with E-state index in [1.54, 1.807) is 0 Å². The van der Waals surface area contributed by atoms with Gasteiger partial charge in [0.05, 0.1) is 0 Å². The first kappa shape index (κ1) is 19.7. The zero-order valence-electron chi connectivity index (χ0n) is 15.7. The highest BCUT2D eigenvalue weighted by molar-refractivity contribution is 5.88. The minimum atomic E-state index is -0.331. The molecule has 0 heterocycles. The minimum absolute atomic E-state index is 0.0698. The molecule has 5 N–H and O–H groups in total. The average molecular weight is 319 g/mol. The van der Waals surface area contributed by atoms with E-state index in [1.807, 2.05) is 39.8 Å². The number of nitrogens with one attached hydrogen (secondary N) is 1. The molecule has 4 heteroatoms. The van der Waals surface area contributed by atoms with Crippen LogP contribution >= 0.6 is 0 Å². The lowest BCUT2D eigenvalue weighted by Crippen LogP contribution is -2.38. The summed E-state index contributed by atoms with van der Waals surface area (Å²) in [6.45, 7) is 13.9. The number of nitrogens with two attached hydrogens (primary N) is 2. The summed E-state index contributed by atoms with van der Waals surface area (Å²) < 4.78 is 0. The van der Waals surface area contributed by atoms with Crippen LogP contribution < -0.4 is 16.8 Å². The first-order chi connectivity index (χ1) is 10.3. The van der Waals surface area contributed by atoms with Crippen LogP contribution in [0.15, 0.2) is 18.2 Å². The summed E-state index contributed by atoms with van der Waals surface area (Å²) in [5.74, 6) is 0.406. The van der Waals surface area contributed by atoms with Crippen LogP contribution in [0, 0.1) is 0 Å². The Morgan fingerprint density at radius 2 is 1.61 bits per heavy atom. The Morgan fingerprint density at radius 1 is 1.09 bits per heavy atom. The van der Waals surface area contributed by atoms with E-state index in [1.165, 1.54) is 12.5 Å². The van der Waals surface area contributed by atoms with E-state index in [-0.39, 0.29) is 22.9 Å². The lowest BCUT2D eigenvalue weighted by molar-refractivity contribution is -0.114. The van der Waals surface area contributed by atoms with Gasteiger partial charge in [-0.3, -0.25) is 4.79 Å². The summed E-state index contributed by atoms with van der Waals surface area (Å²) in [5, 5.41) is 2.90. The van der Waals surface area contributed by atoms with Gasteiger partial charge in [0.2, 0.25) is 5.91 Å². The molecule has 130 valence electrons. The average Bonchev–Trinajstić information content (AvgIpc) is 2.33. The van der Waals surface area contributed by atoms with E-state index >= 15 is 0 Å². The fourth-order valence-corrected chi connectivity index (χ4v) is 2.82. The largest absolute Gasteiger partial charge is 0.326 e. The van der Waals surface area contributed by atoms with Crippen LogP contribution in [0.25, 0.3) is 0 Å². The summed E-state index contributed by atoms with van der Waals surface area (Å²) in [6.07, 6.45) is 0.871. The van der Waals surface area contributed by atoms with Crippen molar-refractivity contribution >= 4 is 11.6 Å². The molecule has 1 amide bonds. The number of carbonyl (C=O) groups is 1. The van der Waals surface area contributed by atoms with E-state index in [2.05, 4.69) is 25.2 Å². The van der Waals surface area contributed by atoms with Gasteiger partial charge >= 0.3 is 0 Å². The van der Waals surface area contributed by atoms with E-state index in [9.17, 15) is 4.79 Å². The van der Waals surface area contributed by atoms with Gasteiger partial charge in [-0.2, -0.15) is 0 Å². The quantitative estimate of drug-likeness (QED) is 0.747. The number of rotatable bonds is 6. The number of hydrogen-bond acceptors (Lipinski definition) is 3. The highest BCUT2D eigenvalue weighted by Gasteiger charge is 2.24. The number of benzene rings is 1. The van der Waals surface area contributed by atoms with Gasteiger partial charge in [0.1, 0.15) is 0 Å². The standard InChI is InChI=1S/C19H33N3O/c1-12(11-18(4,5)20)15-8-16(13(2)19(6,7)21)10-17(9-15)22-14(3)23/h8-10,12-13H,11,20-21H2,1-7H3,(H,22,23). The molecule has 1 aromatic rings. The number of amides is 1. The van der Waals surface area contributed by atoms with Gasteiger partial charge in [0, 0.05) is 23.7 Å². The van der Waals surface area contributed by atoms with Crippen molar-refractivity contribution in [2.24, 2.45) is 11.5 Å². The molecule has 0 aliphatic rings. The maximum Gasteiger partial charge on any atom is 0.221 e. The van der Waals surface area contributed by atoms with E-state index in [0.29, 0.717) is 5.92 Å². The predicted octanol–water partition coefficient (Wildman–Crippen LogP) is 3.72. The molecule has 0 aromatic heterocycles. The highest BCUT2D eigenvalue weighted by Crippen LogP contribution is 2.33. The molecule has 0 fully saturated rings. The Morgan fingerprint density at radius 3 is 2.04 bits per heavy atom. The van der Waals surface area contributed by atoms with Crippen LogP contribution in [0.2, 0.25) is 0 Å². The first-order valence-corrected chi connectivity index (χ1v) is 8.30.